The van der Waals surface area contributed by atoms with Gasteiger partial charge in [0, 0.05) is 35.2 Å². The van der Waals surface area contributed by atoms with E-state index in [0.29, 0.717) is 25.6 Å². The van der Waals surface area contributed by atoms with Crippen molar-refractivity contribution in [2.45, 2.75) is 26.9 Å². The number of hydrogen-bond acceptors (Lipinski definition) is 5. The van der Waals surface area contributed by atoms with Gasteiger partial charge in [-0.15, -0.1) is 11.3 Å². The molecule has 0 fully saturated rings. The molecule has 25 heavy (non-hydrogen) atoms. The minimum absolute atomic E-state index is 0.472. The lowest BCUT2D eigenvalue weighted by molar-refractivity contribution is 0.143. The van der Waals surface area contributed by atoms with E-state index >= 15 is 0 Å². The highest BCUT2D eigenvalue weighted by molar-refractivity contribution is 7.11. The van der Waals surface area contributed by atoms with Gasteiger partial charge in [0.2, 0.25) is 5.88 Å². The molecule has 0 amide bonds. The van der Waals surface area contributed by atoms with Gasteiger partial charge in [-0.05, 0) is 32.0 Å². The van der Waals surface area contributed by atoms with Crippen LogP contribution in [0.2, 0.25) is 0 Å². The third kappa shape index (κ3) is 6.72. The molecule has 2 rings (SSSR count). The number of nitrogens with one attached hydrogen (secondary N) is 2. The van der Waals surface area contributed by atoms with Crippen LogP contribution in [0.1, 0.15) is 22.2 Å². The van der Waals surface area contributed by atoms with Crippen LogP contribution in [0.3, 0.4) is 0 Å². The van der Waals surface area contributed by atoms with Gasteiger partial charge in [-0.3, -0.25) is 0 Å². The normalized spacial score (nSPS) is 11.4. The molecule has 2 heterocycles. The van der Waals surface area contributed by atoms with Crippen molar-refractivity contribution in [2.24, 2.45) is 4.99 Å². The van der Waals surface area contributed by atoms with Gasteiger partial charge in [0.1, 0.15) is 6.61 Å². The van der Waals surface area contributed by atoms with Gasteiger partial charge < -0.3 is 20.1 Å². The van der Waals surface area contributed by atoms with Gasteiger partial charge >= 0.3 is 0 Å². The molecule has 0 aromatic carbocycles. The molecule has 0 radical (unpaired) electrons. The lowest BCUT2D eigenvalue weighted by Crippen LogP contribution is -2.36. The summed E-state index contributed by atoms with van der Waals surface area (Å²) in [5.74, 6) is 1.38. The summed E-state index contributed by atoms with van der Waals surface area (Å²) in [7, 11) is 1.65. The van der Waals surface area contributed by atoms with Gasteiger partial charge in [0.05, 0.1) is 19.7 Å². The number of aromatic nitrogens is 1. The van der Waals surface area contributed by atoms with Crippen molar-refractivity contribution in [1.82, 2.24) is 15.6 Å². The number of aliphatic imine (C=N–C) groups is 1. The molecule has 2 aromatic heterocycles. The van der Waals surface area contributed by atoms with Crippen LogP contribution in [0.5, 0.6) is 5.88 Å². The molecule has 0 aliphatic carbocycles. The van der Waals surface area contributed by atoms with Crippen molar-refractivity contribution in [3.8, 4) is 5.88 Å². The molecule has 6 nitrogen and oxygen atoms in total. The smallest absolute Gasteiger partial charge is 0.218 e. The summed E-state index contributed by atoms with van der Waals surface area (Å²) >= 11 is 1.79. The first-order valence-electron chi connectivity index (χ1n) is 8.36. The Morgan fingerprint density at radius 2 is 2.12 bits per heavy atom. The number of thiophene rings is 1. The molecule has 0 spiro atoms. The topological polar surface area (TPSA) is 67.8 Å². The van der Waals surface area contributed by atoms with Crippen molar-refractivity contribution in [1.29, 1.82) is 0 Å². The first kappa shape index (κ1) is 19.2. The first-order chi connectivity index (χ1) is 12.2. The maximum atomic E-state index is 5.66. The standard InChI is InChI=1S/C18H26N4O2S/c1-4-19-18(22-13-16-8-7-14(2)25-16)21-12-15-6-5-9-20-17(15)24-11-10-23-3/h5-9H,4,10-13H2,1-3H3,(H2,19,21,22). The van der Waals surface area contributed by atoms with Gasteiger partial charge in [-0.25, -0.2) is 9.98 Å². The highest BCUT2D eigenvalue weighted by Crippen LogP contribution is 2.16. The van der Waals surface area contributed by atoms with Crippen LogP contribution in [0.25, 0.3) is 0 Å². The van der Waals surface area contributed by atoms with Gasteiger partial charge in [0.25, 0.3) is 0 Å². The van der Waals surface area contributed by atoms with E-state index in [1.54, 1.807) is 24.6 Å². The Morgan fingerprint density at radius 1 is 1.24 bits per heavy atom. The molecule has 7 heteroatoms. The zero-order valence-electron chi connectivity index (χ0n) is 15.0. The molecule has 0 unspecified atom stereocenters. The molecular formula is C18H26N4O2S. The molecule has 0 atom stereocenters. The fourth-order valence-corrected chi connectivity index (χ4v) is 2.98. The van der Waals surface area contributed by atoms with E-state index in [0.717, 1.165) is 24.6 Å². The zero-order chi connectivity index (χ0) is 17.9. The van der Waals surface area contributed by atoms with Crippen LogP contribution in [-0.4, -0.2) is 37.8 Å². The Kier molecular flexibility index (Phi) is 8.21. The van der Waals surface area contributed by atoms with E-state index in [2.05, 4.69) is 46.6 Å². The average molecular weight is 362 g/mol. The number of hydrogen-bond donors (Lipinski definition) is 2. The van der Waals surface area contributed by atoms with E-state index in [4.69, 9.17) is 9.47 Å². The molecule has 0 aliphatic heterocycles. The van der Waals surface area contributed by atoms with Crippen LogP contribution < -0.4 is 15.4 Å². The van der Waals surface area contributed by atoms with Crippen LogP contribution in [-0.2, 0) is 17.8 Å². The second kappa shape index (κ2) is 10.7. The fourth-order valence-electron chi connectivity index (χ4n) is 2.15. The van der Waals surface area contributed by atoms with E-state index in [-0.39, 0.29) is 0 Å². The van der Waals surface area contributed by atoms with Crippen molar-refractivity contribution in [2.75, 3.05) is 26.9 Å². The van der Waals surface area contributed by atoms with E-state index in [1.165, 1.54) is 9.75 Å². The molecule has 2 N–H and O–H groups in total. The largest absolute Gasteiger partial charge is 0.475 e. The van der Waals surface area contributed by atoms with Crippen molar-refractivity contribution >= 4 is 17.3 Å². The summed E-state index contributed by atoms with van der Waals surface area (Å²) in [4.78, 5) is 11.5. The second-order valence-corrected chi connectivity index (χ2v) is 6.74. The predicted octanol–water partition coefficient (Wildman–Crippen LogP) is 2.73. The molecule has 136 valence electrons. The SMILES string of the molecule is CCNC(=NCc1cccnc1OCCOC)NCc1ccc(C)s1. The number of guanidine groups is 1. The summed E-state index contributed by atoms with van der Waals surface area (Å²) < 4.78 is 10.7. The number of ether oxygens (including phenoxy) is 2. The van der Waals surface area contributed by atoms with E-state index in [1.807, 2.05) is 12.1 Å². The van der Waals surface area contributed by atoms with Crippen LogP contribution in [0.15, 0.2) is 35.5 Å². The zero-order valence-corrected chi connectivity index (χ0v) is 15.9. The van der Waals surface area contributed by atoms with Crippen LogP contribution >= 0.6 is 11.3 Å². The number of rotatable bonds is 9. The highest BCUT2D eigenvalue weighted by atomic mass is 32.1. The Balaban J connectivity index is 1.97. The fraction of sp³-hybridized carbons (Fsp3) is 0.444. The Labute approximate surface area is 153 Å². The summed E-state index contributed by atoms with van der Waals surface area (Å²) in [6.45, 7) is 7.23. The van der Waals surface area contributed by atoms with E-state index < -0.39 is 0 Å². The minimum atomic E-state index is 0.472. The molecule has 0 aliphatic rings. The molecule has 0 saturated carbocycles. The third-order valence-corrected chi connectivity index (χ3v) is 4.35. The lowest BCUT2D eigenvalue weighted by Gasteiger charge is -2.12. The monoisotopic (exact) mass is 362 g/mol. The van der Waals surface area contributed by atoms with Gasteiger partial charge in [0.15, 0.2) is 5.96 Å². The van der Waals surface area contributed by atoms with E-state index in [9.17, 15) is 0 Å². The summed E-state index contributed by atoms with van der Waals surface area (Å²) in [6.07, 6.45) is 1.72. The Morgan fingerprint density at radius 3 is 2.84 bits per heavy atom. The number of methoxy groups -OCH3 is 1. The second-order valence-electron chi connectivity index (χ2n) is 5.37. The number of nitrogens with zero attached hydrogens (tertiary/aromatic N) is 2. The third-order valence-electron chi connectivity index (χ3n) is 3.35. The number of pyridine rings is 1. The van der Waals surface area contributed by atoms with Gasteiger partial charge in [-0.2, -0.15) is 0 Å². The van der Waals surface area contributed by atoms with Crippen molar-refractivity contribution in [3.63, 3.8) is 0 Å². The maximum Gasteiger partial charge on any atom is 0.218 e. The first-order valence-corrected chi connectivity index (χ1v) is 9.17. The maximum absolute atomic E-state index is 5.66. The van der Waals surface area contributed by atoms with Crippen LogP contribution in [0, 0.1) is 6.92 Å². The average Bonchev–Trinajstić information content (AvgIpc) is 3.04. The minimum Gasteiger partial charge on any atom is -0.475 e. The highest BCUT2D eigenvalue weighted by Gasteiger charge is 2.05. The quantitative estimate of drug-likeness (QED) is 0.408. The molecule has 0 bridgehead atoms. The van der Waals surface area contributed by atoms with Crippen LogP contribution in [0.4, 0.5) is 0 Å². The molecular weight excluding hydrogens is 336 g/mol. The lowest BCUT2D eigenvalue weighted by atomic mass is 10.3. The summed E-state index contributed by atoms with van der Waals surface area (Å²) in [6, 6.07) is 8.14. The van der Waals surface area contributed by atoms with Crippen molar-refractivity contribution < 1.29 is 9.47 Å². The number of aryl methyl sites for hydroxylation is 1. The Hall–Kier alpha value is -2.12. The summed E-state index contributed by atoms with van der Waals surface area (Å²) in [5, 5.41) is 6.62. The van der Waals surface area contributed by atoms with Crippen molar-refractivity contribution in [3.05, 3.63) is 45.8 Å². The Bertz CT molecular complexity index is 673. The molecule has 0 saturated heterocycles. The van der Waals surface area contributed by atoms with Gasteiger partial charge in [-0.1, -0.05) is 6.07 Å². The summed E-state index contributed by atoms with van der Waals surface area (Å²) in [5.41, 5.74) is 0.947. The molecule has 2 aromatic rings. The predicted molar refractivity (Wildman–Crippen MR) is 102 cm³/mol.